The summed E-state index contributed by atoms with van der Waals surface area (Å²) in [6, 6.07) is -0.126. The van der Waals surface area contributed by atoms with Crippen molar-refractivity contribution in [3.63, 3.8) is 0 Å². The molecule has 13 heteroatoms. The van der Waals surface area contributed by atoms with Crippen molar-refractivity contribution in [2.75, 3.05) is 26.2 Å². The molecule has 1 aliphatic rings. The first-order valence-electron chi connectivity index (χ1n) is 9.15. The second kappa shape index (κ2) is 11.6. The van der Waals surface area contributed by atoms with Crippen molar-refractivity contribution in [2.24, 2.45) is 4.99 Å². The summed E-state index contributed by atoms with van der Waals surface area (Å²) in [5.74, 6) is 0.593. The molecule has 1 aromatic rings. The van der Waals surface area contributed by atoms with E-state index < -0.39 is 15.5 Å². The van der Waals surface area contributed by atoms with E-state index >= 15 is 0 Å². The van der Waals surface area contributed by atoms with E-state index in [4.69, 9.17) is 0 Å². The van der Waals surface area contributed by atoms with Crippen molar-refractivity contribution in [1.82, 2.24) is 19.9 Å². The van der Waals surface area contributed by atoms with Crippen molar-refractivity contribution in [1.29, 1.82) is 0 Å². The fourth-order valence-corrected chi connectivity index (χ4v) is 4.64. The van der Waals surface area contributed by atoms with E-state index in [2.05, 4.69) is 20.6 Å². The van der Waals surface area contributed by atoms with Crippen molar-refractivity contribution in [3.05, 3.63) is 16.1 Å². The van der Waals surface area contributed by atoms with Gasteiger partial charge in [0.25, 0.3) is 0 Å². The molecule has 1 saturated heterocycles. The van der Waals surface area contributed by atoms with Crippen molar-refractivity contribution >= 4 is 51.3 Å². The highest BCUT2D eigenvalue weighted by atomic mass is 127. The van der Waals surface area contributed by atoms with Gasteiger partial charge in [-0.15, -0.1) is 35.3 Å². The fraction of sp³-hybridized carbons (Fsp3) is 0.750. The molecule has 0 radical (unpaired) electrons. The van der Waals surface area contributed by atoms with E-state index in [1.54, 1.807) is 11.3 Å². The van der Waals surface area contributed by atoms with Gasteiger partial charge in [-0.3, -0.25) is 4.99 Å². The maximum atomic E-state index is 12.6. The first-order chi connectivity index (χ1) is 13.1. The van der Waals surface area contributed by atoms with Crippen LogP contribution in [-0.2, 0) is 16.4 Å². The van der Waals surface area contributed by atoms with Crippen LogP contribution in [0.25, 0.3) is 0 Å². The fourth-order valence-electron chi connectivity index (χ4n) is 2.84. The SMILES string of the molecule is CCNC(=NCCCc1nc(C)cs1)NC1CCN(S(=O)(=O)C(F)(F)F)CC1.I. The smallest absolute Gasteiger partial charge is 0.357 e. The summed E-state index contributed by atoms with van der Waals surface area (Å²) in [6.45, 7) is 4.79. The molecule has 1 aliphatic heterocycles. The summed E-state index contributed by atoms with van der Waals surface area (Å²) in [6.07, 6.45) is 2.26. The Morgan fingerprint density at radius 3 is 2.55 bits per heavy atom. The average Bonchev–Trinajstić information content (AvgIpc) is 3.03. The molecule has 0 saturated carbocycles. The zero-order chi connectivity index (χ0) is 20.8. The molecule has 0 spiro atoms. The Morgan fingerprint density at radius 2 is 2.03 bits per heavy atom. The summed E-state index contributed by atoms with van der Waals surface area (Å²) in [7, 11) is -5.25. The monoisotopic (exact) mass is 569 g/mol. The number of guanidine groups is 1. The van der Waals surface area contributed by atoms with Crippen LogP contribution in [0, 0.1) is 6.92 Å². The zero-order valence-electron chi connectivity index (χ0n) is 16.3. The van der Waals surface area contributed by atoms with Crippen LogP contribution in [0.2, 0.25) is 0 Å². The molecule has 7 nitrogen and oxygen atoms in total. The number of thiazole rings is 1. The number of nitrogens with zero attached hydrogens (tertiary/aromatic N) is 3. The number of hydrogen-bond donors (Lipinski definition) is 2. The standard InChI is InChI=1S/C16H26F3N5O2S2.HI/c1-3-20-15(21-8-4-5-14-22-12(2)11-27-14)23-13-6-9-24(10-7-13)28(25,26)16(17,18)19;/h11,13H,3-10H2,1-2H3,(H2,20,21,23);1H. The summed E-state index contributed by atoms with van der Waals surface area (Å²) in [5.41, 5.74) is -4.24. The van der Waals surface area contributed by atoms with E-state index in [-0.39, 0.29) is 55.9 Å². The van der Waals surface area contributed by atoms with Crippen LogP contribution in [0.15, 0.2) is 10.4 Å². The summed E-state index contributed by atoms with van der Waals surface area (Å²) < 4.78 is 61.4. The van der Waals surface area contributed by atoms with E-state index in [1.165, 1.54) is 0 Å². The molecular formula is C16H27F3IN5O2S2. The van der Waals surface area contributed by atoms with Crippen LogP contribution >= 0.6 is 35.3 Å². The molecular weight excluding hydrogens is 542 g/mol. The highest BCUT2D eigenvalue weighted by Crippen LogP contribution is 2.28. The van der Waals surface area contributed by atoms with Gasteiger partial charge >= 0.3 is 15.5 Å². The third-order valence-corrected chi connectivity index (χ3v) is 6.91. The second-order valence-corrected chi connectivity index (χ2v) is 9.39. The molecule has 0 aliphatic carbocycles. The third kappa shape index (κ3) is 7.83. The molecule has 29 heavy (non-hydrogen) atoms. The second-order valence-electron chi connectivity index (χ2n) is 6.52. The van der Waals surface area contributed by atoms with Crippen LogP contribution in [-0.4, -0.2) is 61.4 Å². The Bertz CT molecular complexity index is 763. The molecule has 2 heterocycles. The van der Waals surface area contributed by atoms with Crippen LogP contribution < -0.4 is 10.6 Å². The average molecular weight is 569 g/mol. The summed E-state index contributed by atoms with van der Waals surface area (Å²) in [5, 5.41) is 9.39. The van der Waals surface area contributed by atoms with Crippen LogP contribution in [0.5, 0.6) is 0 Å². The molecule has 2 N–H and O–H groups in total. The van der Waals surface area contributed by atoms with E-state index in [1.807, 2.05) is 19.2 Å². The van der Waals surface area contributed by atoms with Gasteiger partial charge < -0.3 is 10.6 Å². The normalized spacial score (nSPS) is 17.1. The lowest BCUT2D eigenvalue weighted by atomic mass is 10.1. The Morgan fingerprint density at radius 1 is 1.38 bits per heavy atom. The topological polar surface area (TPSA) is 86.7 Å². The highest BCUT2D eigenvalue weighted by molar-refractivity contribution is 14.0. The van der Waals surface area contributed by atoms with Gasteiger partial charge in [0.15, 0.2) is 5.96 Å². The lowest BCUT2D eigenvalue weighted by Gasteiger charge is -2.32. The maximum Gasteiger partial charge on any atom is 0.511 e. The lowest BCUT2D eigenvalue weighted by Crippen LogP contribution is -2.51. The molecule has 0 atom stereocenters. The number of nitrogens with one attached hydrogen (secondary N) is 2. The first-order valence-corrected chi connectivity index (χ1v) is 11.5. The van der Waals surface area contributed by atoms with Gasteiger partial charge in [0.1, 0.15) is 0 Å². The molecule has 1 aromatic heterocycles. The van der Waals surface area contributed by atoms with Gasteiger partial charge in [-0.1, -0.05) is 0 Å². The third-order valence-electron chi connectivity index (χ3n) is 4.26. The predicted molar refractivity (Wildman–Crippen MR) is 119 cm³/mol. The lowest BCUT2D eigenvalue weighted by molar-refractivity contribution is -0.0494. The minimum absolute atomic E-state index is 0. The van der Waals surface area contributed by atoms with Crippen LogP contribution in [0.4, 0.5) is 13.2 Å². The van der Waals surface area contributed by atoms with Crippen molar-refractivity contribution in [3.8, 4) is 0 Å². The Balaban J connectivity index is 0.00000420. The number of alkyl halides is 3. The number of sulfonamides is 1. The van der Waals surface area contributed by atoms with Gasteiger partial charge in [-0.25, -0.2) is 13.4 Å². The number of aryl methyl sites for hydroxylation is 2. The van der Waals surface area contributed by atoms with E-state index in [0.717, 1.165) is 23.5 Å². The zero-order valence-corrected chi connectivity index (χ0v) is 20.3. The minimum Gasteiger partial charge on any atom is -0.357 e. The van der Waals surface area contributed by atoms with Gasteiger partial charge in [-0.2, -0.15) is 17.5 Å². The summed E-state index contributed by atoms with van der Waals surface area (Å²) >= 11 is 1.63. The van der Waals surface area contributed by atoms with Gasteiger partial charge in [0.2, 0.25) is 0 Å². The number of aliphatic imine (C=N–C) groups is 1. The Labute approximate surface area is 190 Å². The first kappa shape index (κ1) is 26.4. The van der Waals surface area contributed by atoms with Crippen LogP contribution in [0.3, 0.4) is 0 Å². The van der Waals surface area contributed by atoms with Gasteiger partial charge in [0.05, 0.1) is 5.01 Å². The number of aromatic nitrogens is 1. The molecule has 1 fully saturated rings. The number of piperidine rings is 1. The number of hydrogen-bond acceptors (Lipinski definition) is 5. The number of halogens is 4. The summed E-state index contributed by atoms with van der Waals surface area (Å²) in [4.78, 5) is 8.90. The largest absolute Gasteiger partial charge is 0.511 e. The quantitative estimate of drug-likeness (QED) is 0.228. The van der Waals surface area contributed by atoms with Crippen molar-refractivity contribution < 1.29 is 21.6 Å². The molecule has 0 aromatic carbocycles. The molecule has 0 unspecified atom stereocenters. The Kier molecular flexibility index (Phi) is 10.6. The predicted octanol–water partition coefficient (Wildman–Crippen LogP) is 2.87. The van der Waals surface area contributed by atoms with Crippen LogP contribution in [0.1, 0.15) is 36.9 Å². The molecule has 2 rings (SSSR count). The maximum absolute atomic E-state index is 12.6. The molecule has 0 amide bonds. The molecule has 0 bridgehead atoms. The minimum atomic E-state index is -5.25. The number of rotatable bonds is 7. The van der Waals surface area contributed by atoms with Gasteiger partial charge in [-0.05, 0) is 33.1 Å². The van der Waals surface area contributed by atoms with E-state index in [0.29, 0.717) is 23.4 Å². The highest BCUT2D eigenvalue weighted by Gasteiger charge is 2.50. The van der Waals surface area contributed by atoms with Crippen molar-refractivity contribution in [2.45, 2.75) is 51.1 Å². The Hall–Kier alpha value is -0.670. The van der Waals surface area contributed by atoms with Gasteiger partial charge in [0, 0.05) is 49.7 Å². The van der Waals surface area contributed by atoms with E-state index in [9.17, 15) is 21.6 Å². The molecule has 168 valence electrons.